The summed E-state index contributed by atoms with van der Waals surface area (Å²) in [5.74, 6) is -0.951. The smallest absolute Gasteiger partial charge is 0.338 e. The molecule has 1 saturated heterocycles. The van der Waals surface area contributed by atoms with Crippen LogP contribution < -0.4 is 5.32 Å². The van der Waals surface area contributed by atoms with E-state index in [0.29, 0.717) is 29.4 Å². The summed E-state index contributed by atoms with van der Waals surface area (Å²) in [6.45, 7) is 6.37. The summed E-state index contributed by atoms with van der Waals surface area (Å²) in [6, 6.07) is 5.18. The fourth-order valence-corrected chi connectivity index (χ4v) is 3.84. The second-order valence-electron chi connectivity index (χ2n) is 6.45. The lowest BCUT2D eigenvalue weighted by Crippen LogP contribution is -2.33. The van der Waals surface area contributed by atoms with Gasteiger partial charge in [0, 0.05) is 19.0 Å². The van der Waals surface area contributed by atoms with Gasteiger partial charge in [0.25, 0.3) is 0 Å². The maximum absolute atomic E-state index is 12.5. The second-order valence-corrected chi connectivity index (χ2v) is 7.48. The molecule has 1 N–H and O–H groups in total. The SMILES string of the molecule is CCOC(=O)c1ccc2nc(NC(=O)C3CC(=O)N(C(C)C)C3)sc2c1. The molecule has 1 unspecified atom stereocenters. The van der Waals surface area contributed by atoms with E-state index in [1.807, 2.05) is 13.8 Å². The summed E-state index contributed by atoms with van der Waals surface area (Å²) in [5.41, 5.74) is 1.15. The van der Waals surface area contributed by atoms with Crippen molar-refractivity contribution in [1.82, 2.24) is 9.88 Å². The number of likely N-dealkylation sites (tertiary alicyclic amines) is 1. The molecule has 1 aromatic heterocycles. The number of hydrogen-bond acceptors (Lipinski definition) is 6. The highest BCUT2D eigenvalue weighted by Crippen LogP contribution is 2.28. The normalized spacial score (nSPS) is 17.2. The van der Waals surface area contributed by atoms with Gasteiger partial charge in [-0.1, -0.05) is 11.3 Å². The van der Waals surface area contributed by atoms with Gasteiger partial charge in [-0.05, 0) is 39.0 Å². The van der Waals surface area contributed by atoms with Gasteiger partial charge < -0.3 is 15.0 Å². The van der Waals surface area contributed by atoms with Crippen molar-refractivity contribution in [2.75, 3.05) is 18.5 Å². The van der Waals surface area contributed by atoms with Crippen LogP contribution in [0, 0.1) is 5.92 Å². The average molecular weight is 375 g/mol. The molecule has 1 aromatic carbocycles. The molecule has 2 amide bonds. The Morgan fingerprint density at radius 1 is 1.42 bits per heavy atom. The molecule has 0 radical (unpaired) electrons. The van der Waals surface area contributed by atoms with Crippen LogP contribution in [-0.4, -0.2) is 46.9 Å². The highest BCUT2D eigenvalue weighted by Gasteiger charge is 2.35. The monoisotopic (exact) mass is 375 g/mol. The van der Waals surface area contributed by atoms with Crippen molar-refractivity contribution in [2.45, 2.75) is 33.2 Å². The molecule has 26 heavy (non-hydrogen) atoms. The van der Waals surface area contributed by atoms with Crippen molar-refractivity contribution in [1.29, 1.82) is 0 Å². The lowest BCUT2D eigenvalue weighted by molar-refractivity contribution is -0.129. The summed E-state index contributed by atoms with van der Waals surface area (Å²) >= 11 is 1.29. The van der Waals surface area contributed by atoms with Crippen LogP contribution in [-0.2, 0) is 14.3 Å². The number of rotatable bonds is 5. The first-order valence-corrected chi connectivity index (χ1v) is 9.38. The molecular formula is C18H21N3O4S. The molecule has 8 heteroatoms. The fraction of sp³-hybridized carbons (Fsp3) is 0.444. The minimum absolute atomic E-state index is 0.00327. The number of aromatic nitrogens is 1. The Bertz CT molecular complexity index is 861. The van der Waals surface area contributed by atoms with Crippen LogP contribution in [0.5, 0.6) is 0 Å². The molecule has 2 aromatic rings. The quantitative estimate of drug-likeness (QED) is 0.812. The van der Waals surface area contributed by atoms with Crippen LogP contribution in [0.4, 0.5) is 5.13 Å². The molecule has 1 fully saturated rings. The zero-order valence-corrected chi connectivity index (χ0v) is 15.8. The van der Waals surface area contributed by atoms with E-state index in [4.69, 9.17) is 4.74 Å². The van der Waals surface area contributed by atoms with Crippen molar-refractivity contribution in [3.8, 4) is 0 Å². The van der Waals surface area contributed by atoms with Crippen LogP contribution in [0.15, 0.2) is 18.2 Å². The molecule has 138 valence electrons. The zero-order chi connectivity index (χ0) is 18.8. The molecule has 0 bridgehead atoms. The maximum Gasteiger partial charge on any atom is 0.338 e. The largest absolute Gasteiger partial charge is 0.462 e. The van der Waals surface area contributed by atoms with E-state index in [1.165, 1.54) is 11.3 Å². The summed E-state index contributed by atoms with van der Waals surface area (Å²) in [6.07, 6.45) is 0.224. The number of nitrogens with one attached hydrogen (secondary N) is 1. The van der Waals surface area contributed by atoms with Gasteiger partial charge in [-0.25, -0.2) is 9.78 Å². The molecule has 0 saturated carbocycles. The maximum atomic E-state index is 12.5. The van der Waals surface area contributed by atoms with E-state index in [0.717, 1.165) is 4.70 Å². The highest BCUT2D eigenvalue weighted by atomic mass is 32.1. The summed E-state index contributed by atoms with van der Waals surface area (Å²) in [5, 5.41) is 3.26. The van der Waals surface area contributed by atoms with E-state index < -0.39 is 0 Å². The third-order valence-corrected chi connectivity index (χ3v) is 5.22. The molecule has 2 heterocycles. The molecule has 0 aliphatic carbocycles. The Hall–Kier alpha value is -2.48. The topological polar surface area (TPSA) is 88.6 Å². The number of fused-ring (bicyclic) bond motifs is 1. The fourth-order valence-electron chi connectivity index (χ4n) is 2.93. The van der Waals surface area contributed by atoms with Gasteiger partial charge >= 0.3 is 5.97 Å². The predicted octanol–water partition coefficient (Wildman–Crippen LogP) is 2.67. The zero-order valence-electron chi connectivity index (χ0n) is 14.9. The third-order valence-electron chi connectivity index (χ3n) is 4.28. The van der Waals surface area contributed by atoms with Crippen LogP contribution in [0.1, 0.15) is 37.6 Å². The van der Waals surface area contributed by atoms with E-state index in [9.17, 15) is 14.4 Å². The molecule has 7 nitrogen and oxygen atoms in total. The summed E-state index contributed by atoms with van der Waals surface area (Å²) < 4.78 is 5.78. The molecule has 1 aliphatic rings. The van der Waals surface area contributed by atoms with E-state index in [2.05, 4.69) is 10.3 Å². The van der Waals surface area contributed by atoms with Crippen molar-refractivity contribution in [3.05, 3.63) is 23.8 Å². The minimum Gasteiger partial charge on any atom is -0.462 e. The van der Waals surface area contributed by atoms with Crippen LogP contribution >= 0.6 is 11.3 Å². The molecule has 3 rings (SSSR count). The van der Waals surface area contributed by atoms with Gasteiger partial charge in [-0.2, -0.15) is 0 Å². The standard InChI is InChI=1S/C18H21N3O4S/c1-4-25-17(24)11-5-6-13-14(7-11)26-18(19-13)20-16(23)12-8-15(22)21(9-12)10(2)3/h5-7,10,12H,4,8-9H2,1-3H3,(H,19,20,23). The number of hydrogen-bond donors (Lipinski definition) is 1. The minimum atomic E-state index is -0.383. The number of anilines is 1. The Morgan fingerprint density at radius 2 is 2.19 bits per heavy atom. The number of benzene rings is 1. The van der Waals surface area contributed by atoms with Crippen LogP contribution in [0.25, 0.3) is 10.2 Å². The van der Waals surface area contributed by atoms with E-state index >= 15 is 0 Å². The Balaban J connectivity index is 1.72. The third kappa shape index (κ3) is 3.70. The van der Waals surface area contributed by atoms with Gasteiger partial charge in [-0.3, -0.25) is 9.59 Å². The highest BCUT2D eigenvalue weighted by molar-refractivity contribution is 7.22. The lowest BCUT2D eigenvalue weighted by atomic mass is 10.1. The number of esters is 1. The van der Waals surface area contributed by atoms with Crippen molar-refractivity contribution in [3.63, 3.8) is 0 Å². The number of carbonyl (C=O) groups is 3. The van der Waals surface area contributed by atoms with E-state index in [-0.39, 0.29) is 36.2 Å². The molecule has 1 aliphatic heterocycles. The first-order chi connectivity index (χ1) is 12.4. The van der Waals surface area contributed by atoms with E-state index in [1.54, 1.807) is 30.0 Å². The van der Waals surface area contributed by atoms with Gasteiger partial charge in [-0.15, -0.1) is 0 Å². The van der Waals surface area contributed by atoms with Gasteiger partial charge in [0.15, 0.2) is 5.13 Å². The number of ether oxygens (including phenoxy) is 1. The van der Waals surface area contributed by atoms with Crippen LogP contribution in [0.3, 0.4) is 0 Å². The number of nitrogens with zero attached hydrogens (tertiary/aromatic N) is 2. The van der Waals surface area contributed by atoms with Crippen molar-refractivity contribution >= 4 is 44.5 Å². The number of amides is 2. The van der Waals surface area contributed by atoms with Gasteiger partial charge in [0.05, 0.1) is 28.3 Å². The molecule has 0 spiro atoms. The Labute approximate surface area is 155 Å². The summed E-state index contributed by atoms with van der Waals surface area (Å²) in [7, 11) is 0. The first kappa shape index (κ1) is 18.3. The lowest BCUT2D eigenvalue weighted by Gasteiger charge is -2.20. The van der Waals surface area contributed by atoms with Crippen molar-refractivity contribution < 1.29 is 19.1 Å². The predicted molar refractivity (Wildman–Crippen MR) is 99.2 cm³/mol. The second kappa shape index (κ2) is 7.41. The van der Waals surface area contributed by atoms with Gasteiger partial charge in [0.2, 0.25) is 11.8 Å². The van der Waals surface area contributed by atoms with Gasteiger partial charge in [0.1, 0.15) is 0 Å². The molecular weight excluding hydrogens is 354 g/mol. The van der Waals surface area contributed by atoms with Crippen LogP contribution in [0.2, 0.25) is 0 Å². The average Bonchev–Trinajstić information content (AvgIpc) is 3.17. The van der Waals surface area contributed by atoms with Crippen molar-refractivity contribution in [2.24, 2.45) is 5.92 Å². The Kier molecular flexibility index (Phi) is 5.22. The number of thiazole rings is 1. The molecule has 1 atom stereocenters. The summed E-state index contributed by atoms with van der Waals surface area (Å²) in [4.78, 5) is 42.4. The first-order valence-electron chi connectivity index (χ1n) is 8.57. The Morgan fingerprint density at radius 3 is 2.85 bits per heavy atom. The number of carbonyl (C=O) groups excluding carboxylic acids is 3.